The second-order valence-corrected chi connectivity index (χ2v) is 7.76. The minimum Gasteiger partial charge on any atom is -0.482 e. The molecule has 1 aliphatic rings. The summed E-state index contributed by atoms with van der Waals surface area (Å²) in [6, 6.07) is 8.03. The van der Waals surface area contributed by atoms with Crippen LogP contribution < -0.4 is 14.8 Å². The topological polar surface area (TPSA) is 84.5 Å². The highest BCUT2D eigenvalue weighted by Gasteiger charge is 2.21. The van der Waals surface area contributed by atoms with E-state index in [4.69, 9.17) is 4.74 Å². The normalized spacial score (nSPS) is 15.6. The molecule has 1 atom stereocenters. The summed E-state index contributed by atoms with van der Waals surface area (Å²) in [5.74, 6) is 0.355. The SMILES string of the molecule is C[C@H](NS(=O)(=O)c1cccs1)c1ccc2c(c1)NC(=O)CO2. The van der Waals surface area contributed by atoms with E-state index in [1.807, 2.05) is 0 Å². The van der Waals surface area contributed by atoms with Gasteiger partial charge in [-0.15, -0.1) is 11.3 Å². The smallest absolute Gasteiger partial charge is 0.262 e. The number of nitrogens with one attached hydrogen (secondary N) is 2. The lowest BCUT2D eigenvalue weighted by molar-refractivity contribution is -0.118. The molecular formula is C14H14N2O4S2. The average molecular weight is 338 g/mol. The molecule has 0 fully saturated rings. The molecule has 0 saturated carbocycles. The molecule has 0 saturated heterocycles. The van der Waals surface area contributed by atoms with Gasteiger partial charge in [-0.25, -0.2) is 13.1 Å². The summed E-state index contributed by atoms with van der Waals surface area (Å²) in [5, 5.41) is 4.42. The number of hydrogen-bond acceptors (Lipinski definition) is 5. The molecule has 2 N–H and O–H groups in total. The highest BCUT2D eigenvalue weighted by atomic mass is 32.2. The van der Waals surface area contributed by atoms with Crippen LogP contribution in [0, 0.1) is 0 Å². The van der Waals surface area contributed by atoms with Crippen molar-refractivity contribution in [2.45, 2.75) is 17.2 Å². The fourth-order valence-electron chi connectivity index (χ4n) is 2.15. The van der Waals surface area contributed by atoms with Crippen LogP contribution in [-0.2, 0) is 14.8 Å². The van der Waals surface area contributed by atoms with Gasteiger partial charge in [-0.1, -0.05) is 12.1 Å². The van der Waals surface area contributed by atoms with Gasteiger partial charge in [-0.2, -0.15) is 0 Å². The molecule has 6 nitrogen and oxygen atoms in total. The van der Waals surface area contributed by atoms with E-state index in [1.54, 1.807) is 42.6 Å². The minimum atomic E-state index is -3.55. The minimum absolute atomic E-state index is 0.00704. The Bertz CT molecular complexity index is 800. The predicted molar refractivity (Wildman–Crippen MR) is 83.6 cm³/mol. The Hall–Kier alpha value is -1.90. The lowest BCUT2D eigenvalue weighted by Gasteiger charge is -2.20. The van der Waals surface area contributed by atoms with Crippen LogP contribution in [0.2, 0.25) is 0 Å². The molecule has 0 aliphatic carbocycles. The molecule has 0 radical (unpaired) electrons. The zero-order valence-electron chi connectivity index (χ0n) is 11.7. The van der Waals surface area contributed by atoms with Crippen molar-refractivity contribution in [3.8, 4) is 5.75 Å². The highest BCUT2D eigenvalue weighted by Crippen LogP contribution is 2.31. The second-order valence-electron chi connectivity index (χ2n) is 4.87. The number of fused-ring (bicyclic) bond motifs is 1. The van der Waals surface area contributed by atoms with Crippen molar-refractivity contribution in [2.24, 2.45) is 0 Å². The first-order valence-corrected chi connectivity index (χ1v) is 8.94. The van der Waals surface area contributed by atoms with Gasteiger partial charge in [-0.05, 0) is 36.1 Å². The summed E-state index contributed by atoms with van der Waals surface area (Å²) in [6.07, 6.45) is 0. The number of ether oxygens (including phenoxy) is 1. The fourth-order valence-corrected chi connectivity index (χ4v) is 4.39. The lowest BCUT2D eigenvalue weighted by Crippen LogP contribution is -2.27. The molecule has 1 amide bonds. The number of carbonyl (C=O) groups excluding carboxylic acids is 1. The average Bonchev–Trinajstić information content (AvgIpc) is 3.01. The zero-order chi connectivity index (χ0) is 15.7. The van der Waals surface area contributed by atoms with Crippen LogP contribution in [0.25, 0.3) is 0 Å². The molecular weight excluding hydrogens is 324 g/mol. The maximum atomic E-state index is 12.2. The Balaban J connectivity index is 1.82. The van der Waals surface area contributed by atoms with E-state index in [1.165, 1.54) is 0 Å². The van der Waals surface area contributed by atoms with E-state index in [-0.39, 0.29) is 16.7 Å². The summed E-state index contributed by atoms with van der Waals surface area (Å²) in [6.45, 7) is 1.74. The van der Waals surface area contributed by atoms with E-state index in [0.717, 1.165) is 16.9 Å². The third-order valence-corrected chi connectivity index (χ3v) is 6.17. The van der Waals surface area contributed by atoms with Gasteiger partial charge >= 0.3 is 0 Å². The third kappa shape index (κ3) is 2.99. The van der Waals surface area contributed by atoms with Gasteiger partial charge in [0.25, 0.3) is 15.9 Å². The van der Waals surface area contributed by atoms with Crippen molar-refractivity contribution in [3.63, 3.8) is 0 Å². The molecule has 2 aromatic rings. The van der Waals surface area contributed by atoms with E-state index < -0.39 is 16.1 Å². The molecule has 3 rings (SSSR count). The van der Waals surface area contributed by atoms with Crippen LogP contribution in [0.4, 0.5) is 5.69 Å². The Morgan fingerprint density at radius 3 is 2.91 bits per heavy atom. The van der Waals surface area contributed by atoms with Crippen LogP contribution in [0.1, 0.15) is 18.5 Å². The van der Waals surface area contributed by atoms with Gasteiger partial charge < -0.3 is 10.1 Å². The van der Waals surface area contributed by atoms with Gasteiger partial charge in [-0.3, -0.25) is 4.79 Å². The van der Waals surface area contributed by atoms with Gasteiger partial charge in [0.15, 0.2) is 6.61 Å². The molecule has 2 heterocycles. The van der Waals surface area contributed by atoms with E-state index in [0.29, 0.717) is 11.4 Å². The summed E-state index contributed by atoms with van der Waals surface area (Å²) in [4.78, 5) is 11.3. The lowest BCUT2D eigenvalue weighted by atomic mass is 10.1. The second kappa shape index (κ2) is 5.71. The Morgan fingerprint density at radius 1 is 1.36 bits per heavy atom. The first-order valence-electron chi connectivity index (χ1n) is 6.58. The monoisotopic (exact) mass is 338 g/mol. The van der Waals surface area contributed by atoms with Crippen LogP contribution >= 0.6 is 11.3 Å². The molecule has 1 aliphatic heterocycles. The number of amides is 1. The van der Waals surface area contributed by atoms with Gasteiger partial charge in [0.05, 0.1) is 5.69 Å². The number of anilines is 1. The maximum absolute atomic E-state index is 12.2. The standard InChI is InChI=1S/C14H14N2O4S2/c1-9(16-22(18,19)14-3-2-6-21-14)10-4-5-12-11(7-10)15-13(17)8-20-12/h2-7,9,16H,8H2,1H3,(H,15,17)/t9-/m0/s1. The van der Waals surface area contributed by atoms with Gasteiger partial charge in [0.1, 0.15) is 9.96 Å². The third-order valence-electron chi connectivity index (χ3n) is 3.23. The van der Waals surface area contributed by atoms with Crippen molar-refractivity contribution >= 4 is 33.0 Å². The quantitative estimate of drug-likeness (QED) is 0.894. The zero-order valence-corrected chi connectivity index (χ0v) is 13.3. The van der Waals surface area contributed by atoms with Crippen molar-refractivity contribution in [3.05, 3.63) is 41.3 Å². The predicted octanol–water partition coefficient (Wildman–Crippen LogP) is 2.12. The largest absolute Gasteiger partial charge is 0.482 e. The molecule has 0 spiro atoms. The first kappa shape index (κ1) is 15.0. The van der Waals surface area contributed by atoms with E-state index in [2.05, 4.69) is 10.0 Å². The summed E-state index contributed by atoms with van der Waals surface area (Å²) >= 11 is 1.16. The molecule has 0 unspecified atom stereocenters. The number of carbonyl (C=O) groups is 1. The molecule has 1 aromatic carbocycles. The summed E-state index contributed by atoms with van der Waals surface area (Å²) < 4.78 is 32.6. The van der Waals surface area contributed by atoms with Crippen LogP contribution in [0.15, 0.2) is 39.9 Å². The molecule has 1 aromatic heterocycles. The van der Waals surface area contributed by atoms with E-state index >= 15 is 0 Å². The van der Waals surface area contributed by atoms with Crippen LogP contribution in [0.3, 0.4) is 0 Å². The molecule has 8 heteroatoms. The number of benzene rings is 1. The van der Waals surface area contributed by atoms with Crippen molar-refractivity contribution < 1.29 is 17.9 Å². The number of sulfonamides is 1. The fraction of sp³-hybridized carbons (Fsp3) is 0.214. The van der Waals surface area contributed by atoms with Gasteiger partial charge in [0.2, 0.25) is 0 Å². The number of hydrogen-bond donors (Lipinski definition) is 2. The Labute approximate surface area is 132 Å². The molecule has 0 bridgehead atoms. The van der Waals surface area contributed by atoms with Crippen molar-refractivity contribution in [1.82, 2.24) is 4.72 Å². The number of thiophene rings is 1. The van der Waals surface area contributed by atoms with E-state index in [9.17, 15) is 13.2 Å². The van der Waals surface area contributed by atoms with Crippen molar-refractivity contribution in [1.29, 1.82) is 0 Å². The molecule has 116 valence electrons. The highest BCUT2D eigenvalue weighted by molar-refractivity contribution is 7.91. The first-order chi connectivity index (χ1) is 10.5. The van der Waals surface area contributed by atoms with Crippen LogP contribution in [0.5, 0.6) is 5.75 Å². The summed E-state index contributed by atoms with van der Waals surface area (Å²) in [5.41, 5.74) is 1.29. The number of rotatable bonds is 4. The molecule has 22 heavy (non-hydrogen) atoms. The maximum Gasteiger partial charge on any atom is 0.262 e. The Morgan fingerprint density at radius 2 is 2.18 bits per heavy atom. The van der Waals surface area contributed by atoms with Crippen molar-refractivity contribution in [2.75, 3.05) is 11.9 Å². The summed E-state index contributed by atoms with van der Waals surface area (Å²) in [7, 11) is -3.55. The van der Waals surface area contributed by atoms with Crippen LogP contribution in [-0.4, -0.2) is 20.9 Å². The Kier molecular flexibility index (Phi) is 3.90. The van der Waals surface area contributed by atoms with Gasteiger partial charge in [0, 0.05) is 6.04 Å².